The second-order valence-electron chi connectivity index (χ2n) is 3.01. The maximum atomic E-state index is 10.9. The average Bonchev–Trinajstić information content (AvgIpc) is 2.02. The summed E-state index contributed by atoms with van der Waals surface area (Å²) in [6.07, 6.45) is 4.71. The molecule has 0 rings (SSSR count). The number of unbranched alkanes of at least 4 members (excludes halogenated alkanes) is 1. The van der Waals surface area contributed by atoms with Crippen LogP contribution in [0.1, 0.15) is 33.6 Å². The molecule has 0 aliphatic rings. The van der Waals surface area contributed by atoms with Crippen molar-refractivity contribution in [2.45, 2.75) is 39.7 Å². The molecular formula is C10H18O3. The first-order valence-corrected chi connectivity index (χ1v) is 4.65. The quantitative estimate of drug-likeness (QED) is 0.276. The third-order valence-corrected chi connectivity index (χ3v) is 1.27. The topological polar surface area (TPSA) is 35.5 Å². The average molecular weight is 186 g/mol. The lowest BCUT2D eigenvalue weighted by molar-refractivity contribution is -0.141. The molecule has 0 spiro atoms. The van der Waals surface area contributed by atoms with E-state index in [-0.39, 0.29) is 12.1 Å². The fourth-order valence-corrected chi connectivity index (χ4v) is 0.671. The van der Waals surface area contributed by atoms with Crippen molar-refractivity contribution in [1.29, 1.82) is 0 Å². The smallest absolute Gasteiger partial charge is 0.334 e. The summed E-state index contributed by atoms with van der Waals surface area (Å²) in [7, 11) is 0. The molecule has 0 bridgehead atoms. The van der Waals surface area contributed by atoms with Gasteiger partial charge in [0.15, 0.2) is 0 Å². The molecule has 0 unspecified atom stereocenters. The van der Waals surface area contributed by atoms with E-state index in [2.05, 4.69) is 6.92 Å². The number of ether oxygens (including phenoxy) is 2. The van der Waals surface area contributed by atoms with Gasteiger partial charge >= 0.3 is 5.97 Å². The molecule has 0 aromatic rings. The predicted molar refractivity (Wildman–Crippen MR) is 51.2 cm³/mol. The van der Waals surface area contributed by atoms with Gasteiger partial charge in [0.25, 0.3) is 0 Å². The highest BCUT2D eigenvalue weighted by Crippen LogP contribution is 1.92. The molecule has 3 heteroatoms. The second-order valence-corrected chi connectivity index (χ2v) is 3.01. The summed E-state index contributed by atoms with van der Waals surface area (Å²) < 4.78 is 9.90. The van der Waals surface area contributed by atoms with Gasteiger partial charge < -0.3 is 9.47 Å². The predicted octanol–water partition coefficient (Wildman–Crippen LogP) is 2.27. The minimum absolute atomic E-state index is 0.0761. The van der Waals surface area contributed by atoms with Gasteiger partial charge in [-0.05, 0) is 20.3 Å². The Balaban J connectivity index is 3.42. The third kappa shape index (κ3) is 8.92. The van der Waals surface area contributed by atoms with Gasteiger partial charge in [-0.2, -0.15) is 0 Å². The van der Waals surface area contributed by atoms with Crippen molar-refractivity contribution in [2.75, 3.05) is 6.61 Å². The Labute approximate surface area is 79.7 Å². The minimum Gasteiger partial charge on any atom is -0.501 e. The molecule has 0 saturated carbocycles. The van der Waals surface area contributed by atoms with E-state index in [1.165, 1.54) is 12.3 Å². The van der Waals surface area contributed by atoms with Crippen LogP contribution in [0.15, 0.2) is 12.3 Å². The van der Waals surface area contributed by atoms with Crippen LogP contribution in [0, 0.1) is 0 Å². The molecule has 0 saturated heterocycles. The highest BCUT2D eigenvalue weighted by atomic mass is 16.5. The van der Waals surface area contributed by atoms with Gasteiger partial charge in [-0.3, -0.25) is 0 Å². The Bertz CT molecular complexity index is 162. The lowest BCUT2D eigenvalue weighted by Gasteiger charge is -2.03. The van der Waals surface area contributed by atoms with Crippen LogP contribution in [-0.2, 0) is 14.3 Å². The van der Waals surface area contributed by atoms with Crippen LogP contribution in [-0.4, -0.2) is 18.7 Å². The van der Waals surface area contributed by atoms with Gasteiger partial charge in [0, 0.05) is 0 Å². The van der Waals surface area contributed by atoms with Crippen LogP contribution in [0.2, 0.25) is 0 Å². The van der Waals surface area contributed by atoms with Crippen molar-refractivity contribution in [1.82, 2.24) is 0 Å². The molecule has 0 radical (unpaired) electrons. The summed E-state index contributed by atoms with van der Waals surface area (Å²) in [6.45, 7) is 6.36. The minimum atomic E-state index is -0.355. The van der Waals surface area contributed by atoms with Gasteiger partial charge in [-0.1, -0.05) is 13.3 Å². The first-order chi connectivity index (χ1) is 6.16. The van der Waals surface area contributed by atoms with Crippen molar-refractivity contribution >= 4 is 5.97 Å². The lowest BCUT2D eigenvalue weighted by Crippen LogP contribution is -2.08. The summed E-state index contributed by atoms with van der Waals surface area (Å²) in [5.74, 6) is -0.355. The summed E-state index contributed by atoms with van der Waals surface area (Å²) in [5, 5.41) is 0. The number of rotatable bonds is 6. The SMILES string of the molecule is CCCCOC=CC(=O)OC(C)C. The molecule has 0 aromatic heterocycles. The molecular weight excluding hydrogens is 168 g/mol. The molecule has 0 aliphatic heterocycles. The van der Waals surface area contributed by atoms with E-state index >= 15 is 0 Å². The highest BCUT2D eigenvalue weighted by Gasteiger charge is 1.98. The molecule has 0 atom stereocenters. The molecule has 0 N–H and O–H groups in total. The molecule has 0 fully saturated rings. The maximum Gasteiger partial charge on any atom is 0.334 e. The zero-order valence-corrected chi connectivity index (χ0v) is 8.58. The number of hydrogen-bond donors (Lipinski definition) is 0. The normalized spacial score (nSPS) is 10.8. The molecule has 76 valence electrons. The first kappa shape index (κ1) is 12.0. The van der Waals surface area contributed by atoms with Gasteiger partial charge in [-0.25, -0.2) is 4.79 Å². The van der Waals surface area contributed by atoms with Gasteiger partial charge in [0.1, 0.15) is 0 Å². The number of carbonyl (C=O) groups excluding carboxylic acids is 1. The molecule has 13 heavy (non-hydrogen) atoms. The van der Waals surface area contributed by atoms with Gasteiger partial charge in [0.2, 0.25) is 0 Å². The maximum absolute atomic E-state index is 10.9. The standard InChI is InChI=1S/C10H18O3/c1-4-5-7-12-8-6-10(11)13-9(2)3/h6,8-9H,4-5,7H2,1-3H3. The fourth-order valence-electron chi connectivity index (χ4n) is 0.671. The largest absolute Gasteiger partial charge is 0.501 e. The summed E-state index contributed by atoms with van der Waals surface area (Å²) >= 11 is 0. The van der Waals surface area contributed by atoms with E-state index in [1.807, 2.05) is 13.8 Å². The van der Waals surface area contributed by atoms with Crippen molar-refractivity contribution in [3.8, 4) is 0 Å². The Morgan fingerprint density at radius 1 is 1.46 bits per heavy atom. The second kappa shape index (κ2) is 7.65. The summed E-state index contributed by atoms with van der Waals surface area (Å²) in [4.78, 5) is 10.9. The van der Waals surface area contributed by atoms with E-state index in [1.54, 1.807) is 0 Å². The number of esters is 1. The Kier molecular flexibility index (Phi) is 7.07. The molecule has 3 nitrogen and oxygen atoms in total. The van der Waals surface area contributed by atoms with Crippen LogP contribution in [0.25, 0.3) is 0 Å². The molecule has 0 heterocycles. The van der Waals surface area contributed by atoms with Gasteiger partial charge in [-0.15, -0.1) is 0 Å². The van der Waals surface area contributed by atoms with Crippen molar-refractivity contribution in [2.24, 2.45) is 0 Å². The Morgan fingerprint density at radius 2 is 2.15 bits per heavy atom. The summed E-state index contributed by atoms with van der Waals surface area (Å²) in [5.41, 5.74) is 0. The van der Waals surface area contributed by atoms with Crippen LogP contribution in [0.3, 0.4) is 0 Å². The molecule has 0 amide bonds. The third-order valence-electron chi connectivity index (χ3n) is 1.27. The van der Waals surface area contributed by atoms with E-state index in [0.717, 1.165) is 12.8 Å². The molecule has 0 aliphatic carbocycles. The monoisotopic (exact) mass is 186 g/mol. The van der Waals surface area contributed by atoms with Crippen LogP contribution in [0.4, 0.5) is 0 Å². The van der Waals surface area contributed by atoms with E-state index in [0.29, 0.717) is 6.61 Å². The van der Waals surface area contributed by atoms with E-state index < -0.39 is 0 Å². The summed E-state index contributed by atoms with van der Waals surface area (Å²) in [6, 6.07) is 0. The first-order valence-electron chi connectivity index (χ1n) is 4.65. The van der Waals surface area contributed by atoms with Gasteiger partial charge in [0.05, 0.1) is 25.0 Å². The van der Waals surface area contributed by atoms with Crippen LogP contribution < -0.4 is 0 Å². The fraction of sp³-hybridized carbons (Fsp3) is 0.700. The number of carbonyl (C=O) groups is 1. The van der Waals surface area contributed by atoms with Crippen LogP contribution >= 0.6 is 0 Å². The van der Waals surface area contributed by atoms with E-state index in [9.17, 15) is 4.79 Å². The zero-order valence-electron chi connectivity index (χ0n) is 8.58. The zero-order chi connectivity index (χ0) is 10.1. The van der Waals surface area contributed by atoms with Crippen molar-refractivity contribution < 1.29 is 14.3 Å². The van der Waals surface area contributed by atoms with Crippen LogP contribution in [0.5, 0.6) is 0 Å². The highest BCUT2D eigenvalue weighted by molar-refractivity contribution is 5.81. The van der Waals surface area contributed by atoms with E-state index in [4.69, 9.17) is 9.47 Å². The van der Waals surface area contributed by atoms with Crippen molar-refractivity contribution in [3.05, 3.63) is 12.3 Å². The Morgan fingerprint density at radius 3 is 2.69 bits per heavy atom. The Hall–Kier alpha value is -0.990. The lowest BCUT2D eigenvalue weighted by atomic mass is 10.4. The molecule has 0 aromatic carbocycles. The number of hydrogen-bond acceptors (Lipinski definition) is 3. The van der Waals surface area contributed by atoms with Crippen molar-refractivity contribution in [3.63, 3.8) is 0 Å².